The van der Waals surface area contributed by atoms with Crippen molar-refractivity contribution in [1.82, 2.24) is 5.32 Å². The third kappa shape index (κ3) is 2.70. The lowest BCUT2D eigenvalue weighted by molar-refractivity contribution is -0.190. The number of aliphatic hydroxyl groups is 3. The van der Waals surface area contributed by atoms with Gasteiger partial charge in [0.1, 0.15) is 18.3 Å². The van der Waals surface area contributed by atoms with Crippen molar-refractivity contribution >= 4 is 5.91 Å². The van der Waals surface area contributed by atoms with E-state index in [9.17, 15) is 15.0 Å². The standard InChI is InChI=1S/C10H19NO5/c1-3-7(13)11-8-5(2)16-6(4-12)9(14)10(8)15/h5-6,8-10,12,14-15H,3-4H2,1-2H3,(H,11,13)/t5-,6+,8-,9-,10+/m0/s1. The summed E-state index contributed by atoms with van der Waals surface area (Å²) in [7, 11) is 0. The second-order valence-electron chi connectivity index (χ2n) is 3.99. The molecule has 4 N–H and O–H groups in total. The van der Waals surface area contributed by atoms with Crippen LogP contribution in [0, 0.1) is 0 Å². The molecular formula is C10H19NO5. The number of aliphatic hydroxyl groups excluding tert-OH is 3. The molecule has 1 saturated heterocycles. The molecule has 0 aromatic rings. The molecule has 0 radical (unpaired) electrons. The molecule has 0 bridgehead atoms. The molecule has 0 spiro atoms. The molecule has 94 valence electrons. The number of carbonyl (C=O) groups excluding carboxylic acids is 1. The number of amides is 1. The Kier molecular flexibility index (Phi) is 4.67. The molecule has 1 rings (SSSR count). The molecule has 5 atom stereocenters. The van der Waals surface area contributed by atoms with Crippen LogP contribution in [0.2, 0.25) is 0 Å². The Balaban J connectivity index is 2.67. The van der Waals surface area contributed by atoms with E-state index in [0.717, 1.165) is 0 Å². The molecule has 6 heteroatoms. The van der Waals surface area contributed by atoms with E-state index in [1.165, 1.54) is 0 Å². The average molecular weight is 233 g/mol. The Labute approximate surface area is 94.2 Å². The van der Waals surface area contributed by atoms with Gasteiger partial charge >= 0.3 is 0 Å². The van der Waals surface area contributed by atoms with Crippen LogP contribution in [0.4, 0.5) is 0 Å². The zero-order chi connectivity index (χ0) is 12.3. The first kappa shape index (κ1) is 13.4. The highest BCUT2D eigenvalue weighted by Gasteiger charge is 2.42. The third-order valence-corrected chi connectivity index (χ3v) is 2.82. The molecule has 0 aromatic heterocycles. The van der Waals surface area contributed by atoms with Gasteiger partial charge in [-0.15, -0.1) is 0 Å². The van der Waals surface area contributed by atoms with Crippen molar-refractivity contribution in [3.63, 3.8) is 0 Å². The molecule has 0 aliphatic carbocycles. The van der Waals surface area contributed by atoms with Crippen molar-refractivity contribution in [1.29, 1.82) is 0 Å². The molecule has 1 aliphatic rings. The fourth-order valence-electron chi connectivity index (χ4n) is 1.79. The number of nitrogens with one attached hydrogen (secondary N) is 1. The molecule has 1 heterocycles. The predicted octanol–water partition coefficient (Wildman–Crippen LogP) is -1.62. The van der Waals surface area contributed by atoms with E-state index in [2.05, 4.69) is 5.32 Å². The van der Waals surface area contributed by atoms with E-state index in [1.807, 2.05) is 0 Å². The highest BCUT2D eigenvalue weighted by atomic mass is 16.5. The number of hydrogen-bond donors (Lipinski definition) is 4. The first-order valence-electron chi connectivity index (χ1n) is 5.43. The van der Waals surface area contributed by atoms with Crippen molar-refractivity contribution < 1.29 is 24.9 Å². The van der Waals surface area contributed by atoms with Gasteiger partial charge < -0.3 is 25.4 Å². The lowest BCUT2D eigenvalue weighted by atomic mass is 9.93. The maximum absolute atomic E-state index is 11.2. The van der Waals surface area contributed by atoms with Crippen molar-refractivity contribution in [2.45, 2.75) is 50.7 Å². The minimum absolute atomic E-state index is 0.214. The van der Waals surface area contributed by atoms with E-state index in [4.69, 9.17) is 9.84 Å². The van der Waals surface area contributed by atoms with Crippen LogP contribution in [-0.4, -0.2) is 58.3 Å². The Bertz CT molecular complexity index is 247. The molecule has 6 nitrogen and oxygen atoms in total. The highest BCUT2D eigenvalue weighted by Crippen LogP contribution is 2.20. The van der Waals surface area contributed by atoms with E-state index in [1.54, 1.807) is 13.8 Å². The summed E-state index contributed by atoms with van der Waals surface area (Å²) in [6.45, 7) is 3.01. The van der Waals surface area contributed by atoms with Gasteiger partial charge in [-0.1, -0.05) is 6.92 Å². The second-order valence-corrected chi connectivity index (χ2v) is 3.99. The van der Waals surface area contributed by atoms with Crippen LogP contribution in [0.3, 0.4) is 0 Å². The monoisotopic (exact) mass is 233 g/mol. The Morgan fingerprint density at radius 3 is 2.50 bits per heavy atom. The van der Waals surface area contributed by atoms with Crippen LogP contribution in [0.25, 0.3) is 0 Å². The second kappa shape index (κ2) is 5.58. The van der Waals surface area contributed by atoms with E-state index >= 15 is 0 Å². The van der Waals surface area contributed by atoms with Crippen LogP contribution in [-0.2, 0) is 9.53 Å². The van der Waals surface area contributed by atoms with Gasteiger partial charge in [-0.2, -0.15) is 0 Å². The zero-order valence-corrected chi connectivity index (χ0v) is 9.46. The van der Waals surface area contributed by atoms with Crippen LogP contribution in [0.15, 0.2) is 0 Å². The fourth-order valence-corrected chi connectivity index (χ4v) is 1.79. The van der Waals surface area contributed by atoms with Gasteiger partial charge in [-0.25, -0.2) is 0 Å². The predicted molar refractivity (Wildman–Crippen MR) is 55.7 cm³/mol. The number of rotatable bonds is 3. The van der Waals surface area contributed by atoms with Crippen LogP contribution >= 0.6 is 0 Å². The molecular weight excluding hydrogens is 214 g/mol. The fraction of sp³-hybridized carbons (Fsp3) is 0.900. The van der Waals surface area contributed by atoms with Gasteiger partial charge in [0, 0.05) is 6.42 Å². The number of ether oxygens (including phenoxy) is 1. The van der Waals surface area contributed by atoms with E-state index in [0.29, 0.717) is 6.42 Å². The summed E-state index contributed by atoms with van der Waals surface area (Å²) in [5.74, 6) is -0.214. The molecule has 0 saturated carbocycles. The normalized spacial score (nSPS) is 39.4. The number of hydrogen-bond acceptors (Lipinski definition) is 5. The van der Waals surface area contributed by atoms with Gasteiger partial charge in [-0.3, -0.25) is 4.79 Å². The average Bonchev–Trinajstić information content (AvgIpc) is 2.28. The quantitative estimate of drug-likeness (QED) is 0.470. The lowest BCUT2D eigenvalue weighted by Crippen LogP contribution is -2.63. The molecule has 16 heavy (non-hydrogen) atoms. The third-order valence-electron chi connectivity index (χ3n) is 2.82. The minimum Gasteiger partial charge on any atom is -0.394 e. The first-order valence-corrected chi connectivity index (χ1v) is 5.43. The molecule has 1 fully saturated rings. The highest BCUT2D eigenvalue weighted by molar-refractivity contribution is 5.76. The minimum atomic E-state index is -1.19. The summed E-state index contributed by atoms with van der Waals surface area (Å²) in [5.41, 5.74) is 0. The number of carbonyl (C=O) groups is 1. The van der Waals surface area contributed by atoms with Gasteiger partial charge in [0.05, 0.1) is 18.8 Å². The van der Waals surface area contributed by atoms with Crippen molar-refractivity contribution in [2.75, 3.05) is 6.61 Å². The van der Waals surface area contributed by atoms with Crippen LogP contribution in [0.1, 0.15) is 20.3 Å². The van der Waals surface area contributed by atoms with Crippen molar-refractivity contribution in [2.24, 2.45) is 0 Å². The maximum Gasteiger partial charge on any atom is 0.220 e. The van der Waals surface area contributed by atoms with Gasteiger partial charge in [-0.05, 0) is 6.92 Å². The molecule has 0 aromatic carbocycles. The summed E-state index contributed by atoms with van der Waals surface area (Å²) in [6, 6.07) is -0.648. The van der Waals surface area contributed by atoms with Gasteiger partial charge in [0.25, 0.3) is 0 Å². The van der Waals surface area contributed by atoms with Crippen LogP contribution < -0.4 is 5.32 Å². The molecule has 1 aliphatic heterocycles. The smallest absolute Gasteiger partial charge is 0.220 e. The summed E-state index contributed by atoms with van der Waals surface area (Å²) < 4.78 is 5.30. The van der Waals surface area contributed by atoms with Gasteiger partial charge in [0.15, 0.2) is 0 Å². The zero-order valence-electron chi connectivity index (χ0n) is 9.46. The summed E-state index contributed by atoms with van der Waals surface area (Å²) in [5, 5.41) is 30.9. The maximum atomic E-state index is 11.2. The lowest BCUT2D eigenvalue weighted by Gasteiger charge is -2.41. The van der Waals surface area contributed by atoms with Crippen molar-refractivity contribution in [3.8, 4) is 0 Å². The summed E-state index contributed by atoms with van der Waals surface area (Å²) in [6.07, 6.45) is -3.28. The first-order chi connectivity index (χ1) is 7.51. The van der Waals surface area contributed by atoms with E-state index in [-0.39, 0.29) is 12.5 Å². The van der Waals surface area contributed by atoms with Crippen LogP contribution in [0.5, 0.6) is 0 Å². The largest absolute Gasteiger partial charge is 0.394 e. The van der Waals surface area contributed by atoms with Gasteiger partial charge in [0.2, 0.25) is 5.91 Å². The summed E-state index contributed by atoms with van der Waals surface area (Å²) in [4.78, 5) is 11.2. The summed E-state index contributed by atoms with van der Waals surface area (Å²) >= 11 is 0. The Morgan fingerprint density at radius 1 is 1.38 bits per heavy atom. The van der Waals surface area contributed by atoms with E-state index < -0.39 is 30.5 Å². The molecule has 0 unspecified atom stereocenters. The molecule has 1 amide bonds. The van der Waals surface area contributed by atoms with Crippen molar-refractivity contribution in [3.05, 3.63) is 0 Å². The Hall–Kier alpha value is -0.690. The Morgan fingerprint density at radius 2 is 2.00 bits per heavy atom. The SMILES string of the molecule is CCC(=O)N[C@@H]1[C@@H](O)[C@@H](O)[C@@H](CO)O[C@H]1C. The topological polar surface area (TPSA) is 99.0 Å².